The standard InChI is InChI=1S/C19H20INO7S/c1-19(2,3)28-15(22)9-21-17(24)14(29-18(21)25)8-11-5-6-13(12(20)7-11)27-10-16(23)26-4/h5-8H,9-10H2,1-4H3. The Morgan fingerprint density at radius 3 is 2.48 bits per heavy atom. The topological polar surface area (TPSA) is 99.2 Å². The van der Waals surface area contributed by atoms with Gasteiger partial charge in [-0.3, -0.25) is 19.3 Å². The zero-order valence-electron chi connectivity index (χ0n) is 16.3. The molecule has 156 valence electrons. The molecule has 1 heterocycles. The van der Waals surface area contributed by atoms with E-state index in [0.29, 0.717) is 14.9 Å². The van der Waals surface area contributed by atoms with Crippen molar-refractivity contribution in [2.75, 3.05) is 20.3 Å². The first-order valence-electron chi connectivity index (χ1n) is 8.46. The van der Waals surface area contributed by atoms with Crippen LogP contribution in [-0.4, -0.2) is 53.8 Å². The summed E-state index contributed by atoms with van der Waals surface area (Å²) in [5, 5.41) is -0.528. The van der Waals surface area contributed by atoms with Crippen molar-refractivity contribution in [3.63, 3.8) is 0 Å². The van der Waals surface area contributed by atoms with Crippen LogP contribution in [0.25, 0.3) is 6.08 Å². The number of methoxy groups -OCH3 is 1. The van der Waals surface area contributed by atoms with Gasteiger partial charge < -0.3 is 14.2 Å². The highest BCUT2D eigenvalue weighted by atomic mass is 127. The molecule has 1 fully saturated rings. The first-order chi connectivity index (χ1) is 13.5. The van der Waals surface area contributed by atoms with E-state index < -0.39 is 35.2 Å². The number of thioether (sulfide) groups is 1. The Labute approximate surface area is 186 Å². The number of amides is 2. The summed E-state index contributed by atoms with van der Waals surface area (Å²) in [4.78, 5) is 48.8. The molecule has 0 unspecified atom stereocenters. The molecule has 0 atom stereocenters. The minimum absolute atomic E-state index is 0.206. The molecular weight excluding hydrogens is 513 g/mol. The lowest BCUT2D eigenvalue weighted by molar-refractivity contribution is -0.156. The third kappa shape index (κ3) is 6.74. The van der Waals surface area contributed by atoms with E-state index in [-0.39, 0.29) is 11.5 Å². The van der Waals surface area contributed by atoms with Crippen LogP contribution in [0.3, 0.4) is 0 Å². The molecule has 29 heavy (non-hydrogen) atoms. The van der Waals surface area contributed by atoms with Crippen molar-refractivity contribution in [1.82, 2.24) is 4.90 Å². The summed E-state index contributed by atoms with van der Waals surface area (Å²) < 4.78 is 15.8. The van der Waals surface area contributed by atoms with E-state index in [2.05, 4.69) is 4.74 Å². The Morgan fingerprint density at radius 1 is 1.21 bits per heavy atom. The van der Waals surface area contributed by atoms with Crippen LogP contribution in [-0.2, 0) is 23.9 Å². The SMILES string of the molecule is COC(=O)COc1ccc(C=C2SC(=O)N(CC(=O)OC(C)(C)C)C2=O)cc1I. The fraction of sp³-hybridized carbons (Fsp3) is 0.368. The van der Waals surface area contributed by atoms with Crippen LogP contribution >= 0.6 is 34.4 Å². The van der Waals surface area contributed by atoms with E-state index >= 15 is 0 Å². The van der Waals surface area contributed by atoms with E-state index in [1.165, 1.54) is 7.11 Å². The summed E-state index contributed by atoms with van der Waals surface area (Å²) >= 11 is 2.80. The quantitative estimate of drug-likeness (QED) is 0.313. The van der Waals surface area contributed by atoms with E-state index in [1.54, 1.807) is 45.0 Å². The maximum absolute atomic E-state index is 12.5. The number of hydrogen-bond acceptors (Lipinski definition) is 8. The lowest BCUT2D eigenvalue weighted by atomic mass is 10.2. The van der Waals surface area contributed by atoms with Gasteiger partial charge in [0.2, 0.25) is 0 Å². The molecule has 0 aromatic heterocycles. The molecule has 0 radical (unpaired) electrons. The molecule has 2 amide bonds. The number of hydrogen-bond donors (Lipinski definition) is 0. The second kappa shape index (κ2) is 9.61. The van der Waals surface area contributed by atoms with Crippen molar-refractivity contribution in [3.05, 3.63) is 32.2 Å². The average molecular weight is 533 g/mol. The van der Waals surface area contributed by atoms with Crippen LogP contribution in [0.1, 0.15) is 26.3 Å². The summed E-state index contributed by atoms with van der Waals surface area (Å²) in [6, 6.07) is 5.09. The van der Waals surface area contributed by atoms with Crippen molar-refractivity contribution in [1.29, 1.82) is 0 Å². The Hall–Kier alpha value is -2.08. The first kappa shape index (κ1) is 23.2. The maximum Gasteiger partial charge on any atom is 0.343 e. The molecule has 1 aliphatic heterocycles. The molecule has 1 aliphatic rings. The minimum Gasteiger partial charge on any atom is -0.481 e. The molecule has 0 N–H and O–H groups in total. The Morgan fingerprint density at radius 2 is 1.90 bits per heavy atom. The van der Waals surface area contributed by atoms with Crippen LogP contribution < -0.4 is 4.74 Å². The number of esters is 2. The molecule has 1 aromatic rings. The van der Waals surface area contributed by atoms with Gasteiger partial charge in [0, 0.05) is 0 Å². The average Bonchev–Trinajstić information content (AvgIpc) is 2.86. The summed E-state index contributed by atoms with van der Waals surface area (Å²) in [6.45, 7) is 4.48. The Bertz CT molecular complexity index is 876. The Kier molecular flexibility index (Phi) is 7.69. The van der Waals surface area contributed by atoms with Crippen LogP contribution in [0.5, 0.6) is 5.75 Å². The second-order valence-corrected chi connectivity index (χ2v) is 9.06. The molecule has 10 heteroatoms. The number of imide groups is 1. The van der Waals surface area contributed by atoms with Gasteiger partial charge in [-0.05, 0) is 78.9 Å². The van der Waals surface area contributed by atoms with Crippen molar-refractivity contribution < 1.29 is 33.4 Å². The van der Waals surface area contributed by atoms with E-state index in [9.17, 15) is 19.2 Å². The Balaban J connectivity index is 2.09. The summed E-state index contributed by atoms with van der Waals surface area (Å²) in [5.74, 6) is -1.20. The van der Waals surface area contributed by atoms with Gasteiger partial charge in [-0.1, -0.05) is 6.07 Å². The molecule has 0 aliphatic carbocycles. The van der Waals surface area contributed by atoms with Crippen molar-refractivity contribution in [2.24, 2.45) is 0 Å². The summed E-state index contributed by atoms with van der Waals surface area (Å²) in [7, 11) is 1.27. The van der Waals surface area contributed by atoms with Crippen LogP contribution in [0.4, 0.5) is 4.79 Å². The van der Waals surface area contributed by atoms with Crippen molar-refractivity contribution in [2.45, 2.75) is 26.4 Å². The summed E-state index contributed by atoms with van der Waals surface area (Å²) in [5.41, 5.74) is -0.0362. The predicted molar refractivity (Wildman–Crippen MR) is 115 cm³/mol. The van der Waals surface area contributed by atoms with Gasteiger partial charge in [0.15, 0.2) is 6.61 Å². The van der Waals surface area contributed by atoms with Gasteiger partial charge in [-0.2, -0.15) is 0 Å². The highest BCUT2D eigenvalue weighted by Crippen LogP contribution is 2.33. The minimum atomic E-state index is -0.705. The fourth-order valence-electron chi connectivity index (χ4n) is 2.21. The fourth-order valence-corrected chi connectivity index (χ4v) is 3.74. The number of rotatable bonds is 6. The predicted octanol–water partition coefficient (Wildman–Crippen LogP) is 3.22. The lowest BCUT2D eigenvalue weighted by Gasteiger charge is -2.21. The van der Waals surface area contributed by atoms with Crippen LogP contribution in [0.2, 0.25) is 0 Å². The third-order valence-electron chi connectivity index (χ3n) is 3.41. The number of halogens is 1. The van der Waals surface area contributed by atoms with Gasteiger partial charge in [0.25, 0.3) is 11.1 Å². The first-order valence-corrected chi connectivity index (χ1v) is 10.4. The lowest BCUT2D eigenvalue weighted by Crippen LogP contribution is -2.37. The molecule has 1 aromatic carbocycles. The number of nitrogens with zero attached hydrogens (tertiary/aromatic N) is 1. The number of carbonyl (C=O) groups excluding carboxylic acids is 4. The van der Waals surface area contributed by atoms with E-state index in [4.69, 9.17) is 9.47 Å². The second-order valence-electron chi connectivity index (χ2n) is 6.91. The van der Waals surface area contributed by atoms with E-state index in [1.807, 2.05) is 22.6 Å². The van der Waals surface area contributed by atoms with Gasteiger partial charge in [-0.25, -0.2) is 4.79 Å². The highest BCUT2D eigenvalue weighted by Gasteiger charge is 2.37. The smallest absolute Gasteiger partial charge is 0.343 e. The highest BCUT2D eigenvalue weighted by molar-refractivity contribution is 14.1. The van der Waals surface area contributed by atoms with Gasteiger partial charge in [0.05, 0.1) is 15.6 Å². The number of benzene rings is 1. The van der Waals surface area contributed by atoms with Gasteiger partial charge in [0.1, 0.15) is 17.9 Å². The van der Waals surface area contributed by atoms with Crippen LogP contribution in [0, 0.1) is 3.57 Å². The largest absolute Gasteiger partial charge is 0.481 e. The van der Waals surface area contributed by atoms with Gasteiger partial charge >= 0.3 is 11.9 Å². The summed E-state index contributed by atoms with van der Waals surface area (Å²) in [6.07, 6.45) is 1.56. The zero-order chi connectivity index (χ0) is 21.8. The van der Waals surface area contributed by atoms with Crippen molar-refractivity contribution >= 4 is 63.5 Å². The van der Waals surface area contributed by atoms with E-state index in [0.717, 1.165) is 16.7 Å². The molecule has 2 rings (SSSR count). The number of ether oxygens (including phenoxy) is 3. The molecule has 8 nitrogen and oxygen atoms in total. The molecule has 0 bridgehead atoms. The molecular formula is C19H20INO7S. The zero-order valence-corrected chi connectivity index (χ0v) is 19.3. The third-order valence-corrected chi connectivity index (χ3v) is 5.16. The monoisotopic (exact) mass is 533 g/mol. The molecule has 1 saturated heterocycles. The molecule has 0 spiro atoms. The van der Waals surface area contributed by atoms with Gasteiger partial charge in [-0.15, -0.1) is 0 Å². The van der Waals surface area contributed by atoms with Crippen molar-refractivity contribution in [3.8, 4) is 5.75 Å². The number of carbonyl (C=O) groups is 4. The van der Waals surface area contributed by atoms with Crippen LogP contribution in [0.15, 0.2) is 23.1 Å². The molecule has 0 saturated carbocycles. The maximum atomic E-state index is 12.5. The normalized spacial score (nSPS) is 15.6.